The van der Waals surface area contributed by atoms with Gasteiger partial charge < -0.3 is 15.8 Å². The van der Waals surface area contributed by atoms with Crippen LogP contribution in [0.1, 0.15) is 29.9 Å². The molecule has 1 heterocycles. The van der Waals surface area contributed by atoms with Crippen LogP contribution < -0.4 is 11.1 Å². The van der Waals surface area contributed by atoms with Crippen molar-refractivity contribution < 1.29 is 17.9 Å². The van der Waals surface area contributed by atoms with Gasteiger partial charge in [-0.15, -0.1) is 11.3 Å². The molecule has 114 valence electrons. The predicted molar refractivity (Wildman–Crippen MR) is 81.4 cm³/mol. The number of sulfone groups is 1. The lowest BCUT2D eigenvalue weighted by Gasteiger charge is -2.06. The van der Waals surface area contributed by atoms with Gasteiger partial charge >= 0.3 is 0 Å². The fraction of sp³-hybridized carbons (Fsp3) is 0.583. The average Bonchev–Trinajstić information content (AvgIpc) is 2.65. The summed E-state index contributed by atoms with van der Waals surface area (Å²) in [5, 5.41) is 3.44. The Morgan fingerprint density at radius 1 is 1.45 bits per heavy atom. The maximum atomic E-state index is 11.8. The molecular weight excluding hydrogens is 300 g/mol. The normalized spacial score (nSPS) is 11.6. The molecule has 0 saturated heterocycles. The molecule has 1 aromatic heterocycles. The van der Waals surface area contributed by atoms with Crippen LogP contribution in [0.2, 0.25) is 0 Å². The van der Waals surface area contributed by atoms with Crippen LogP contribution >= 0.6 is 11.3 Å². The van der Waals surface area contributed by atoms with Crippen molar-refractivity contribution in [3.63, 3.8) is 0 Å². The van der Waals surface area contributed by atoms with E-state index >= 15 is 0 Å². The van der Waals surface area contributed by atoms with Gasteiger partial charge in [0.15, 0.2) is 15.6 Å². The molecule has 0 bridgehead atoms. The maximum Gasteiger partial charge on any atom is 0.180 e. The number of carbonyl (C=O) groups excluding carboxylic acids is 1. The van der Waals surface area contributed by atoms with E-state index < -0.39 is 9.84 Å². The molecule has 0 unspecified atom stereocenters. The number of nitrogens with one attached hydrogen (secondary N) is 1. The number of nitrogen functional groups attached to an aromatic ring is 1. The molecule has 3 N–H and O–H groups in total. The van der Waals surface area contributed by atoms with E-state index in [1.165, 1.54) is 6.92 Å². The molecule has 0 saturated carbocycles. The number of hydrogen-bond acceptors (Lipinski definition) is 7. The Kier molecular flexibility index (Phi) is 5.97. The minimum Gasteiger partial charge on any atom is -0.396 e. The van der Waals surface area contributed by atoms with Gasteiger partial charge in [0.25, 0.3) is 0 Å². The third-order valence-corrected chi connectivity index (χ3v) is 5.10. The molecule has 0 aromatic carbocycles. The van der Waals surface area contributed by atoms with Gasteiger partial charge in [0.1, 0.15) is 9.90 Å². The van der Waals surface area contributed by atoms with Crippen LogP contribution in [0, 0.1) is 0 Å². The quantitative estimate of drug-likeness (QED) is 0.559. The van der Waals surface area contributed by atoms with Gasteiger partial charge in [-0.25, -0.2) is 8.42 Å². The fourth-order valence-electron chi connectivity index (χ4n) is 1.70. The number of carbonyl (C=O) groups is 1. The van der Waals surface area contributed by atoms with Crippen molar-refractivity contribution in [2.45, 2.75) is 25.2 Å². The second kappa shape index (κ2) is 7.05. The van der Waals surface area contributed by atoms with E-state index in [2.05, 4.69) is 5.32 Å². The number of ether oxygens (including phenoxy) is 1. The average molecular weight is 320 g/mol. The highest BCUT2D eigenvalue weighted by Gasteiger charge is 2.25. The summed E-state index contributed by atoms with van der Waals surface area (Å²) in [5.74, 6) is -0.236. The van der Waals surface area contributed by atoms with Gasteiger partial charge in [-0.1, -0.05) is 0 Å². The molecule has 0 amide bonds. The molecule has 20 heavy (non-hydrogen) atoms. The van der Waals surface area contributed by atoms with Crippen molar-refractivity contribution in [1.29, 1.82) is 0 Å². The van der Waals surface area contributed by atoms with Crippen LogP contribution in [0.3, 0.4) is 0 Å². The highest BCUT2D eigenvalue weighted by atomic mass is 32.2. The van der Waals surface area contributed by atoms with Crippen molar-refractivity contribution in [3.05, 3.63) is 4.88 Å². The standard InChI is InChI=1S/C12H20N2O4S2/c1-4-18-7-5-6-14-12-11(20(3,16)17)9(13)10(19-12)8(2)15/h14H,4-7,13H2,1-3H3. The molecule has 6 nitrogen and oxygen atoms in total. The zero-order valence-electron chi connectivity index (χ0n) is 11.9. The molecule has 1 aromatic rings. The Hall–Kier alpha value is -1.12. The predicted octanol–water partition coefficient (Wildman–Crippen LogP) is 1.77. The summed E-state index contributed by atoms with van der Waals surface area (Å²) in [4.78, 5) is 11.8. The summed E-state index contributed by atoms with van der Waals surface area (Å²) in [7, 11) is -3.48. The lowest BCUT2D eigenvalue weighted by molar-refractivity contribution is 0.102. The highest BCUT2D eigenvalue weighted by Crippen LogP contribution is 2.39. The molecular formula is C12H20N2O4S2. The smallest absolute Gasteiger partial charge is 0.180 e. The van der Waals surface area contributed by atoms with Gasteiger partial charge in [-0.2, -0.15) is 0 Å². The molecule has 0 aliphatic rings. The zero-order chi connectivity index (χ0) is 15.3. The van der Waals surface area contributed by atoms with Crippen LogP contribution in [-0.4, -0.2) is 40.2 Å². The van der Waals surface area contributed by atoms with Gasteiger partial charge in [0.05, 0.1) is 10.6 Å². The van der Waals surface area contributed by atoms with Crippen LogP contribution in [0.25, 0.3) is 0 Å². The number of anilines is 2. The lowest BCUT2D eigenvalue weighted by Crippen LogP contribution is -2.08. The summed E-state index contributed by atoms with van der Waals surface area (Å²) in [6.45, 7) is 5.08. The fourth-order valence-corrected chi connectivity index (χ4v) is 4.19. The minimum absolute atomic E-state index is 0.0177. The molecule has 0 radical (unpaired) electrons. The van der Waals surface area contributed by atoms with Crippen LogP contribution in [-0.2, 0) is 14.6 Å². The molecule has 0 aliphatic heterocycles. The number of hydrogen-bond donors (Lipinski definition) is 2. The van der Waals surface area contributed by atoms with Crippen molar-refractivity contribution >= 4 is 37.6 Å². The second-order valence-electron chi connectivity index (χ2n) is 4.31. The SMILES string of the molecule is CCOCCCNc1sc(C(C)=O)c(N)c1S(C)(=O)=O. The topological polar surface area (TPSA) is 98.5 Å². The molecule has 8 heteroatoms. The zero-order valence-corrected chi connectivity index (χ0v) is 13.5. The van der Waals surface area contributed by atoms with Crippen LogP contribution in [0.5, 0.6) is 0 Å². The third-order valence-electron chi connectivity index (χ3n) is 2.55. The molecule has 0 fully saturated rings. The highest BCUT2D eigenvalue weighted by molar-refractivity contribution is 7.91. The first kappa shape index (κ1) is 16.9. The van der Waals surface area contributed by atoms with E-state index in [9.17, 15) is 13.2 Å². The Morgan fingerprint density at radius 3 is 2.60 bits per heavy atom. The van der Waals surface area contributed by atoms with E-state index in [4.69, 9.17) is 10.5 Å². The minimum atomic E-state index is -3.48. The van der Waals surface area contributed by atoms with Gasteiger partial charge in [0.2, 0.25) is 0 Å². The van der Waals surface area contributed by atoms with E-state index in [0.717, 1.165) is 24.0 Å². The number of nitrogens with two attached hydrogens (primary N) is 1. The first-order valence-electron chi connectivity index (χ1n) is 6.23. The van der Waals surface area contributed by atoms with E-state index in [1.54, 1.807) is 0 Å². The van der Waals surface area contributed by atoms with E-state index in [1.807, 2.05) is 6.92 Å². The second-order valence-corrected chi connectivity index (χ2v) is 7.28. The summed E-state index contributed by atoms with van der Waals surface area (Å²) >= 11 is 1.08. The number of thiophene rings is 1. The summed E-state index contributed by atoms with van der Waals surface area (Å²) < 4.78 is 28.8. The largest absolute Gasteiger partial charge is 0.396 e. The number of rotatable bonds is 8. The number of ketones is 1. The van der Waals surface area contributed by atoms with Crippen molar-refractivity contribution in [1.82, 2.24) is 0 Å². The first-order chi connectivity index (χ1) is 9.29. The lowest BCUT2D eigenvalue weighted by atomic mass is 10.3. The van der Waals surface area contributed by atoms with Crippen LogP contribution in [0.4, 0.5) is 10.7 Å². The molecule has 1 rings (SSSR count). The molecule has 0 spiro atoms. The Bertz CT molecular complexity index is 579. The maximum absolute atomic E-state index is 11.8. The molecule has 0 aliphatic carbocycles. The van der Waals surface area contributed by atoms with Crippen LogP contribution in [0.15, 0.2) is 4.90 Å². The van der Waals surface area contributed by atoms with Crippen molar-refractivity contribution in [2.24, 2.45) is 0 Å². The summed E-state index contributed by atoms with van der Waals surface area (Å²) in [5.41, 5.74) is 5.83. The first-order valence-corrected chi connectivity index (χ1v) is 8.94. The van der Waals surface area contributed by atoms with E-state index in [-0.39, 0.29) is 21.2 Å². The Balaban J connectivity index is 2.95. The van der Waals surface area contributed by atoms with Gasteiger partial charge in [-0.05, 0) is 13.3 Å². The van der Waals surface area contributed by atoms with Crippen molar-refractivity contribution in [2.75, 3.05) is 37.1 Å². The summed E-state index contributed by atoms with van der Waals surface area (Å²) in [6.07, 6.45) is 1.82. The van der Waals surface area contributed by atoms with Gasteiger partial charge in [0, 0.05) is 32.9 Å². The van der Waals surface area contributed by atoms with Crippen molar-refractivity contribution in [3.8, 4) is 0 Å². The third kappa shape index (κ3) is 4.19. The Labute approximate surface area is 123 Å². The monoisotopic (exact) mass is 320 g/mol. The Morgan fingerprint density at radius 2 is 2.10 bits per heavy atom. The van der Waals surface area contributed by atoms with E-state index in [0.29, 0.717) is 24.8 Å². The summed E-state index contributed by atoms with van der Waals surface area (Å²) in [6, 6.07) is 0. The molecule has 0 atom stereocenters. The van der Waals surface area contributed by atoms with Gasteiger partial charge in [-0.3, -0.25) is 4.79 Å². The number of Topliss-reactive ketones (excluding diaryl/α,β-unsaturated/α-hetero) is 1.